The standard InChI is InChI=1S/C21H26FN3O2/c1-3-4-5-6-7-13-27-18-10-8-9-16(19(18)22)14-24-21(26)17-12-11-15(2)25-20(17)23/h5-6,8-12H,3-4,7,13-14H2,1-2H3,(H2,23,25)(H,24,26). The summed E-state index contributed by atoms with van der Waals surface area (Å²) >= 11 is 0. The van der Waals surface area contributed by atoms with E-state index >= 15 is 0 Å². The molecule has 2 aromatic rings. The molecule has 0 fully saturated rings. The maximum Gasteiger partial charge on any atom is 0.255 e. The first-order valence-electron chi connectivity index (χ1n) is 9.09. The van der Waals surface area contributed by atoms with Gasteiger partial charge >= 0.3 is 0 Å². The number of carbonyl (C=O) groups is 1. The molecule has 0 aliphatic carbocycles. The van der Waals surface area contributed by atoms with Crippen LogP contribution in [0, 0.1) is 12.7 Å². The fourth-order valence-electron chi connectivity index (χ4n) is 2.48. The monoisotopic (exact) mass is 371 g/mol. The molecule has 2 rings (SSSR count). The van der Waals surface area contributed by atoms with Gasteiger partial charge in [-0.25, -0.2) is 9.37 Å². The minimum absolute atomic E-state index is 0.0333. The number of aromatic nitrogens is 1. The van der Waals surface area contributed by atoms with Gasteiger partial charge in [-0.15, -0.1) is 0 Å². The zero-order valence-corrected chi connectivity index (χ0v) is 15.8. The summed E-state index contributed by atoms with van der Waals surface area (Å²) in [7, 11) is 0. The summed E-state index contributed by atoms with van der Waals surface area (Å²) in [6, 6.07) is 8.21. The zero-order chi connectivity index (χ0) is 19.6. The van der Waals surface area contributed by atoms with Crippen LogP contribution in [-0.4, -0.2) is 17.5 Å². The lowest BCUT2D eigenvalue weighted by Crippen LogP contribution is -2.24. The Labute approximate surface area is 159 Å². The molecule has 6 heteroatoms. The Bertz CT molecular complexity index is 806. The van der Waals surface area contributed by atoms with E-state index in [-0.39, 0.29) is 23.7 Å². The second kappa shape index (κ2) is 10.3. The number of allylic oxidation sites excluding steroid dienone is 1. The maximum atomic E-state index is 14.6. The molecule has 0 unspecified atom stereocenters. The molecular weight excluding hydrogens is 345 g/mol. The number of hydrogen-bond acceptors (Lipinski definition) is 4. The molecule has 27 heavy (non-hydrogen) atoms. The Balaban J connectivity index is 1.94. The molecule has 1 amide bonds. The summed E-state index contributed by atoms with van der Waals surface area (Å²) in [5, 5.41) is 2.67. The summed E-state index contributed by atoms with van der Waals surface area (Å²) in [5.41, 5.74) is 7.12. The topological polar surface area (TPSA) is 77.2 Å². The number of pyridine rings is 1. The third kappa shape index (κ3) is 6.09. The molecule has 0 atom stereocenters. The van der Waals surface area contributed by atoms with E-state index in [0.29, 0.717) is 12.2 Å². The van der Waals surface area contributed by atoms with Gasteiger partial charge in [-0.2, -0.15) is 0 Å². The van der Waals surface area contributed by atoms with Crippen LogP contribution in [0.5, 0.6) is 5.75 Å². The largest absolute Gasteiger partial charge is 0.490 e. The number of anilines is 1. The van der Waals surface area contributed by atoms with Crippen LogP contribution in [0.4, 0.5) is 10.2 Å². The van der Waals surface area contributed by atoms with E-state index in [4.69, 9.17) is 10.5 Å². The lowest BCUT2D eigenvalue weighted by molar-refractivity contribution is 0.0951. The van der Waals surface area contributed by atoms with Crippen molar-refractivity contribution in [2.24, 2.45) is 0 Å². The van der Waals surface area contributed by atoms with E-state index in [1.807, 2.05) is 6.08 Å². The molecule has 0 saturated heterocycles. The molecule has 1 heterocycles. The fourth-order valence-corrected chi connectivity index (χ4v) is 2.48. The normalized spacial score (nSPS) is 10.9. The second-order valence-corrected chi connectivity index (χ2v) is 6.19. The number of carbonyl (C=O) groups excluding carboxylic acids is 1. The number of nitrogens with two attached hydrogens (primary N) is 1. The van der Waals surface area contributed by atoms with Gasteiger partial charge in [0.15, 0.2) is 11.6 Å². The second-order valence-electron chi connectivity index (χ2n) is 6.19. The molecule has 0 radical (unpaired) electrons. The molecule has 0 spiro atoms. The third-order valence-corrected chi connectivity index (χ3v) is 3.96. The molecule has 144 valence electrons. The van der Waals surface area contributed by atoms with Crippen molar-refractivity contribution in [3.8, 4) is 5.75 Å². The van der Waals surface area contributed by atoms with Crippen molar-refractivity contribution in [1.29, 1.82) is 0 Å². The first-order valence-corrected chi connectivity index (χ1v) is 9.09. The smallest absolute Gasteiger partial charge is 0.255 e. The SMILES string of the molecule is CCCC=CCCOc1cccc(CNC(=O)c2ccc(C)nc2N)c1F. The number of hydrogen-bond donors (Lipinski definition) is 2. The van der Waals surface area contributed by atoms with E-state index in [2.05, 4.69) is 23.3 Å². The van der Waals surface area contributed by atoms with Gasteiger partial charge in [-0.3, -0.25) is 4.79 Å². The molecule has 0 saturated carbocycles. The molecule has 1 aromatic heterocycles. The number of amides is 1. The van der Waals surface area contributed by atoms with Crippen molar-refractivity contribution in [3.05, 3.63) is 65.1 Å². The van der Waals surface area contributed by atoms with Crippen LogP contribution < -0.4 is 15.8 Å². The van der Waals surface area contributed by atoms with Gasteiger partial charge < -0.3 is 15.8 Å². The van der Waals surface area contributed by atoms with Gasteiger partial charge in [-0.05, 0) is 38.0 Å². The first-order chi connectivity index (χ1) is 13.0. The molecule has 5 nitrogen and oxygen atoms in total. The molecule has 0 aliphatic heterocycles. The Hall–Kier alpha value is -2.89. The van der Waals surface area contributed by atoms with Gasteiger partial charge in [0.2, 0.25) is 0 Å². The van der Waals surface area contributed by atoms with Crippen LogP contribution in [0.25, 0.3) is 0 Å². The maximum absolute atomic E-state index is 14.6. The van der Waals surface area contributed by atoms with Crippen molar-refractivity contribution in [1.82, 2.24) is 10.3 Å². The predicted molar refractivity (Wildman–Crippen MR) is 105 cm³/mol. The van der Waals surface area contributed by atoms with E-state index in [0.717, 1.165) is 25.0 Å². The average Bonchev–Trinajstić information content (AvgIpc) is 2.64. The number of benzene rings is 1. The van der Waals surface area contributed by atoms with Gasteiger partial charge in [0.1, 0.15) is 5.82 Å². The number of aryl methyl sites for hydroxylation is 1. The number of nitrogens with zero attached hydrogens (tertiary/aromatic N) is 1. The van der Waals surface area contributed by atoms with E-state index in [1.54, 1.807) is 37.3 Å². The van der Waals surface area contributed by atoms with Crippen molar-refractivity contribution < 1.29 is 13.9 Å². The molecule has 3 N–H and O–H groups in total. The van der Waals surface area contributed by atoms with Gasteiger partial charge in [0.25, 0.3) is 5.91 Å². The Morgan fingerprint density at radius 1 is 1.26 bits per heavy atom. The number of unbranched alkanes of at least 4 members (excludes halogenated alkanes) is 1. The number of ether oxygens (including phenoxy) is 1. The van der Waals surface area contributed by atoms with E-state index < -0.39 is 11.7 Å². The molecule has 0 bridgehead atoms. The van der Waals surface area contributed by atoms with Crippen molar-refractivity contribution >= 4 is 11.7 Å². The molecule has 1 aromatic carbocycles. The third-order valence-electron chi connectivity index (χ3n) is 3.96. The van der Waals surface area contributed by atoms with Crippen LogP contribution in [0.2, 0.25) is 0 Å². The van der Waals surface area contributed by atoms with Gasteiger partial charge in [0.05, 0.1) is 12.2 Å². The quantitative estimate of drug-likeness (QED) is 0.512. The number of nitrogen functional groups attached to an aromatic ring is 1. The lowest BCUT2D eigenvalue weighted by atomic mass is 10.1. The summed E-state index contributed by atoms with van der Waals surface area (Å²) in [6.07, 6.45) is 6.98. The summed E-state index contributed by atoms with van der Waals surface area (Å²) in [5.74, 6) is -0.527. The summed E-state index contributed by atoms with van der Waals surface area (Å²) < 4.78 is 20.1. The first kappa shape index (κ1) is 20.4. The van der Waals surface area contributed by atoms with Crippen molar-refractivity contribution in [2.75, 3.05) is 12.3 Å². The highest BCUT2D eigenvalue weighted by molar-refractivity contribution is 5.98. The van der Waals surface area contributed by atoms with Crippen molar-refractivity contribution in [2.45, 2.75) is 39.7 Å². The lowest BCUT2D eigenvalue weighted by Gasteiger charge is -2.11. The van der Waals surface area contributed by atoms with Crippen LogP contribution in [0.1, 0.15) is 47.8 Å². The zero-order valence-electron chi connectivity index (χ0n) is 15.8. The molecular formula is C21H26FN3O2. The van der Waals surface area contributed by atoms with Crippen LogP contribution in [-0.2, 0) is 6.54 Å². The Morgan fingerprint density at radius 2 is 2.04 bits per heavy atom. The van der Waals surface area contributed by atoms with Gasteiger partial charge in [-0.1, -0.05) is 37.6 Å². The average molecular weight is 371 g/mol. The number of nitrogens with one attached hydrogen (secondary N) is 1. The van der Waals surface area contributed by atoms with Crippen molar-refractivity contribution in [3.63, 3.8) is 0 Å². The minimum atomic E-state index is -0.467. The van der Waals surface area contributed by atoms with Gasteiger partial charge in [0, 0.05) is 17.8 Å². The Morgan fingerprint density at radius 3 is 2.78 bits per heavy atom. The molecule has 0 aliphatic rings. The predicted octanol–water partition coefficient (Wildman–Crippen LogP) is 4.17. The summed E-state index contributed by atoms with van der Waals surface area (Å²) in [6.45, 7) is 4.34. The number of rotatable bonds is 9. The van der Waals surface area contributed by atoms with Crippen LogP contribution >= 0.6 is 0 Å². The van der Waals surface area contributed by atoms with E-state index in [9.17, 15) is 9.18 Å². The number of halogens is 1. The van der Waals surface area contributed by atoms with Crippen LogP contribution in [0.15, 0.2) is 42.5 Å². The highest BCUT2D eigenvalue weighted by atomic mass is 19.1. The van der Waals surface area contributed by atoms with Crippen LogP contribution in [0.3, 0.4) is 0 Å². The van der Waals surface area contributed by atoms with E-state index in [1.165, 1.54) is 0 Å². The fraction of sp³-hybridized carbons (Fsp3) is 0.333. The highest BCUT2D eigenvalue weighted by Crippen LogP contribution is 2.21. The summed E-state index contributed by atoms with van der Waals surface area (Å²) in [4.78, 5) is 16.3. The Kier molecular flexibility index (Phi) is 7.79. The minimum Gasteiger partial charge on any atom is -0.490 e. The highest BCUT2D eigenvalue weighted by Gasteiger charge is 2.13.